The van der Waals surface area contributed by atoms with E-state index >= 15 is 0 Å². The lowest BCUT2D eigenvalue weighted by Gasteiger charge is -2.38. The Bertz CT molecular complexity index is 1080. The number of amides is 3. The van der Waals surface area contributed by atoms with E-state index in [4.69, 9.17) is 11.6 Å². The molecular weight excluding hydrogens is 414 g/mol. The van der Waals surface area contributed by atoms with Crippen LogP contribution in [0.25, 0.3) is 0 Å². The molecule has 2 fully saturated rings. The standard InChI is InChI=1S/C24H20ClN3O3/c25-18-9-1-14(2-10-18)13-26-27-22(29)17-7-11-19(12-8-17)28-23(30)20-15-3-4-16(6-5-15)21(20)24(28)31/h1-4,7-13,15-16,20-21H,5-6H2,(H,27,29). The number of anilines is 1. The summed E-state index contributed by atoms with van der Waals surface area (Å²) >= 11 is 5.84. The summed E-state index contributed by atoms with van der Waals surface area (Å²) in [5.41, 5.74) is 4.16. The second-order valence-electron chi connectivity index (χ2n) is 8.15. The topological polar surface area (TPSA) is 78.8 Å². The van der Waals surface area contributed by atoms with Crippen molar-refractivity contribution in [2.24, 2.45) is 28.8 Å². The summed E-state index contributed by atoms with van der Waals surface area (Å²) in [4.78, 5) is 39.7. The second kappa shape index (κ2) is 7.78. The first-order valence-corrected chi connectivity index (χ1v) is 10.7. The number of fused-ring (bicyclic) bond motifs is 1. The molecule has 4 unspecified atom stereocenters. The molecule has 6 rings (SSSR count). The van der Waals surface area contributed by atoms with Crippen molar-refractivity contribution in [2.45, 2.75) is 12.8 Å². The van der Waals surface area contributed by atoms with Crippen LogP contribution in [0.15, 0.2) is 65.8 Å². The Balaban J connectivity index is 1.28. The molecule has 0 aromatic heterocycles. The van der Waals surface area contributed by atoms with Crippen LogP contribution in [0.1, 0.15) is 28.8 Å². The van der Waals surface area contributed by atoms with E-state index in [0.717, 1.165) is 18.4 Å². The van der Waals surface area contributed by atoms with Crippen LogP contribution in [0, 0.1) is 23.7 Å². The second-order valence-corrected chi connectivity index (χ2v) is 8.59. The van der Waals surface area contributed by atoms with E-state index in [-0.39, 0.29) is 41.4 Å². The molecule has 0 radical (unpaired) electrons. The smallest absolute Gasteiger partial charge is 0.271 e. The third-order valence-electron chi connectivity index (χ3n) is 6.40. The average Bonchev–Trinajstić information content (AvgIpc) is 3.08. The quantitative estimate of drug-likeness (QED) is 0.344. The first kappa shape index (κ1) is 19.7. The molecule has 4 aliphatic rings. The van der Waals surface area contributed by atoms with Gasteiger partial charge in [0.1, 0.15) is 0 Å². The Morgan fingerprint density at radius 3 is 2.06 bits per heavy atom. The number of hydrazone groups is 1. The molecule has 3 aliphatic carbocycles. The molecule has 1 saturated heterocycles. The number of halogens is 1. The fraction of sp³-hybridized carbons (Fsp3) is 0.250. The zero-order valence-corrected chi connectivity index (χ0v) is 17.3. The zero-order chi connectivity index (χ0) is 21.5. The van der Waals surface area contributed by atoms with Gasteiger partial charge in [-0.15, -0.1) is 0 Å². The molecule has 2 bridgehead atoms. The van der Waals surface area contributed by atoms with Gasteiger partial charge in [-0.05, 0) is 66.6 Å². The van der Waals surface area contributed by atoms with Gasteiger partial charge in [-0.3, -0.25) is 19.3 Å². The number of carbonyl (C=O) groups excluding carboxylic acids is 3. The van der Waals surface area contributed by atoms with Crippen molar-refractivity contribution >= 4 is 41.2 Å². The molecule has 7 heteroatoms. The number of nitrogens with zero attached hydrogens (tertiary/aromatic N) is 2. The molecule has 3 amide bonds. The Labute approximate surface area is 184 Å². The Morgan fingerprint density at radius 1 is 0.935 bits per heavy atom. The van der Waals surface area contributed by atoms with E-state index in [9.17, 15) is 14.4 Å². The van der Waals surface area contributed by atoms with Crippen LogP contribution in [0.3, 0.4) is 0 Å². The SMILES string of the molecule is O=C(NN=Cc1ccc(Cl)cc1)c1ccc(N2C(=O)C3C4C=CC(CC4)C3C2=O)cc1. The van der Waals surface area contributed by atoms with E-state index in [1.54, 1.807) is 48.5 Å². The Kier molecular flexibility index (Phi) is 4.94. The molecular formula is C24H20ClN3O3. The predicted molar refractivity (Wildman–Crippen MR) is 118 cm³/mol. The van der Waals surface area contributed by atoms with Gasteiger partial charge in [0.15, 0.2) is 0 Å². The number of allylic oxidation sites excluding steroid dienone is 2. The Morgan fingerprint density at radius 2 is 1.52 bits per heavy atom. The van der Waals surface area contributed by atoms with Crippen LogP contribution in [0.4, 0.5) is 5.69 Å². The van der Waals surface area contributed by atoms with Crippen LogP contribution in [-0.4, -0.2) is 23.9 Å². The molecule has 2 aromatic carbocycles. The highest BCUT2D eigenvalue weighted by Crippen LogP contribution is 2.50. The third-order valence-corrected chi connectivity index (χ3v) is 6.65. The van der Waals surface area contributed by atoms with Crippen molar-refractivity contribution < 1.29 is 14.4 Å². The normalized spacial score (nSPS) is 26.5. The Hall–Kier alpha value is -3.25. The summed E-state index contributed by atoms with van der Waals surface area (Å²) in [5.74, 6) is -0.827. The number of carbonyl (C=O) groups is 3. The minimum atomic E-state index is -0.383. The van der Waals surface area contributed by atoms with Crippen LogP contribution in [0.5, 0.6) is 0 Å². The number of benzene rings is 2. The van der Waals surface area contributed by atoms with Gasteiger partial charge in [0.05, 0.1) is 23.7 Å². The number of rotatable bonds is 4. The minimum Gasteiger partial charge on any atom is -0.274 e. The summed E-state index contributed by atoms with van der Waals surface area (Å²) in [7, 11) is 0. The summed E-state index contributed by atoms with van der Waals surface area (Å²) in [6.45, 7) is 0. The van der Waals surface area contributed by atoms with Gasteiger partial charge in [-0.25, -0.2) is 5.43 Å². The molecule has 1 aliphatic heterocycles. The summed E-state index contributed by atoms with van der Waals surface area (Å²) in [6, 6.07) is 13.5. The van der Waals surface area contributed by atoms with E-state index in [2.05, 4.69) is 22.7 Å². The molecule has 4 atom stereocenters. The van der Waals surface area contributed by atoms with Gasteiger partial charge in [-0.2, -0.15) is 5.10 Å². The first-order valence-electron chi connectivity index (χ1n) is 10.3. The lowest BCUT2D eigenvalue weighted by atomic mass is 9.63. The van der Waals surface area contributed by atoms with Gasteiger partial charge < -0.3 is 0 Å². The van der Waals surface area contributed by atoms with Crippen molar-refractivity contribution in [3.63, 3.8) is 0 Å². The first-order chi connectivity index (χ1) is 15.0. The summed E-state index contributed by atoms with van der Waals surface area (Å²) in [5, 5.41) is 4.58. The lowest BCUT2D eigenvalue weighted by Crippen LogP contribution is -2.38. The molecule has 2 aromatic rings. The van der Waals surface area contributed by atoms with Crippen molar-refractivity contribution in [1.82, 2.24) is 5.43 Å². The van der Waals surface area contributed by atoms with Crippen LogP contribution in [-0.2, 0) is 9.59 Å². The molecule has 1 heterocycles. The third kappa shape index (κ3) is 3.47. The average molecular weight is 434 g/mol. The largest absolute Gasteiger partial charge is 0.274 e. The predicted octanol–water partition coefficient (Wildman–Crippen LogP) is 3.81. The van der Waals surface area contributed by atoms with Crippen molar-refractivity contribution in [3.8, 4) is 0 Å². The highest BCUT2D eigenvalue weighted by molar-refractivity contribution is 6.30. The number of hydrogen-bond acceptors (Lipinski definition) is 4. The van der Waals surface area contributed by atoms with Crippen LogP contribution < -0.4 is 10.3 Å². The fourth-order valence-corrected chi connectivity index (χ4v) is 5.00. The minimum absolute atomic E-state index is 0.126. The maximum absolute atomic E-state index is 13.0. The maximum Gasteiger partial charge on any atom is 0.271 e. The molecule has 156 valence electrons. The van der Waals surface area contributed by atoms with Crippen LogP contribution in [0.2, 0.25) is 5.02 Å². The fourth-order valence-electron chi connectivity index (χ4n) is 4.87. The maximum atomic E-state index is 13.0. The van der Waals surface area contributed by atoms with E-state index in [1.165, 1.54) is 11.1 Å². The highest BCUT2D eigenvalue weighted by atomic mass is 35.5. The molecule has 31 heavy (non-hydrogen) atoms. The van der Waals surface area contributed by atoms with Gasteiger partial charge >= 0.3 is 0 Å². The number of imide groups is 1. The summed E-state index contributed by atoms with van der Waals surface area (Å²) in [6.07, 6.45) is 7.65. The number of nitrogens with one attached hydrogen (secondary N) is 1. The highest BCUT2D eigenvalue weighted by Gasteiger charge is 2.56. The summed E-state index contributed by atoms with van der Waals surface area (Å²) < 4.78 is 0. The van der Waals surface area contributed by atoms with Gasteiger partial charge in [-0.1, -0.05) is 35.9 Å². The van der Waals surface area contributed by atoms with Gasteiger partial charge in [0, 0.05) is 10.6 Å². The molecule has 6 nitrogen and oxygen atoms in total. The molecule has 1 saturated carbocycles. The monoisotopic (exact) mass is 433 g/mol. The van der Waals surface area contributed by atoms with E-state index in [0.29, 0.717) is 16.3 Å². The molecule has 1 N–H and O–H groups in total. The molecule has 0 spiro atoms. The van der Waals surface area contributed by atoms with Crippen molar-refractivity contribution in [1.29, 1.82) is 0 Å². The van der Waals surface area contributed by atoms with E-state index in [1.807, 2.05) is 0 Å². The van der Waals surface area contributed by atoms with E-state index < -0.39 is 0 Å². The number of hydrogen-bond donors (Lipinski definition) is 1. The lowest BCUT2D eigenvalue weighted by molar-refractivity contribution is -0.124. The van der Waals surface area contributed by atoms with Crippen molar-refractivity contribution in [3.05, 3.63) is 76.8 Å². The van der Waals surface area contributed by atoms with Crippen LogP contribution >= 0.6 is 11.6 Å². The zero-order valence-electron chi connectivity index (χ0n) is 16.6. The van der Waals surface area contributed by atoms with Gasteiger partial charge in [0.25, 0.3) is 5.91 Å². The van der Waals surface area contributed by atoms with Crippen molar-refractivity contribution in [2.75, 3.05) is 4.90 Å². The van der Waals surface area contributed by atoms with Gasteiger partial charge in [0.2, 0.25) is 11.8 Å².